The summed E-state index contributed by atoms with van der Waals surface area (Å²) in [7, 11) is 0. The van der Waals surface area contributed by atoms with E-state index in [9.17, 15) is 9.59 Å². The monoisotopic (exact) mass is 396 g/mol. The largest absolute Gasteiger partial charge is 0.346 e. The number of amides is 3. The van der Waals surface area contributed by atoms with Crippen molar-refractivity contribution in [3.63, 3.8) is 0 Å². The van der Waals surface area contributed by atoms with E-state index in [1.54, 1.807) is 0 Å². The highest BCUT2D eigenvalue weighted by molar-refractivity contribution is 6.05. The number of aromatic nitrogens is 1. The maximum absolute atomic E-state index is 12.7. The second-order valence-electron chi connectivity index (χ2n) is 8.11. The number of hydrogen-bond acceptors (Lipinski definition) is 2. The Labute approximate surface area is 173 Å². The second-order valence-corrected chi connectivity index (χ2v) is 8.11. The molecule has 1 aliphatic heterocycles. The summed E-state index contributed by atoms with van der Waals surface area (Å²) < 4.78 is 2.16. The lowest BCUT2D eigenvalue weighted by molar-refractivity contribution is 0.102. The Kier molecular flexibility index (Phi) is 6.62. The summed E-state index contributed by atoms with van der Waals surface area (Å²) in [5.41, 5.74) is 4.17. The Morgan fingerprint density at radius 1 is 0.897 bits per heavy atom. The predicted octanol–water partition coefficient (Wildman–Crippen LogP) is 5.35. The van der Waals surface area contributed by atoms with Gasteiger partial charge in [-0.05, 0) is 70.9 Å². The Hall–Kier alpha value is -2.76. The first kappa shape index (κ1) is 21.0. The molecule has 0 saturated carbocycles. The van der Waals surface area contributed by atoms with E-state index >= 15 is 0 Å². The minimum atomic E-state index is -0.119. The molecule has 0 aliphatic carbocycles. The van der Waals surface area contributed by atoms with E-state index in [0.29, 0.717) is 17.3 Å². The quantitative estimate of drug-likeness (QED) is 0.732. The van der Waals surface area contributed by atoms with E-state index < -0.39 is 0 Å². The molecule has 156 valence electrons. The minimum Gasteiger partial charge on any atom is -0.346 e. The fourth-order valence-electron chi connectivity index (χ4n) is 4.11. The van der Waals surface area contributed by atoms with E-state index in [2.05, 4.69) is 29.0 Å². The van der Waals surface area contributed by atoms with E-state index in [0.717, 1.165) is 43.0 Å². The number of likely N-dealkylation sites (tertiary alicyclic amines) is 1. The molecule has 3 amide bonds. The zero-order chi connectivity index (χ0) is 21.0. The van der Waals surface area contributed by atoms with E-state index in [-0.39, 0.29) is 11.9 Å². The number of carbonyl (C=O) groups is 2. The van der Waals surface area contributed by atoms with E-state index in [4.69, 9.17) is 0 Å². The molecule has 1 aromatic heterocycles. The van der Waals surface area contributed by atoms with Crippen LogP contribution >= 0.6 is 0 Å². The third-order valence-corrected chi connectivity index (χ3v) is 5.53. The maximum atomic E-state index is 12.7. The van der Waals surface area contributed by atoms with E-state index in [1.807, 2.05) is 49.1 Å². The van der Waals surface area contributed by atoms with Crippen molar-refractivity contribution in [3.8, 4) is 0 Å². The molecule has 3 rings (SSSR count). The molecule has 1 saturated heterocycles. The van der Waals surface area contributed by atoms with Crippen molar-refractivity contribution in [1.82, 2.24) is 9.47 Å². The topological polar surface area (TPSA) is 66.4 Å². The average molecular weight is 397 g/mol. The van der Waals surface area contributed by atoms with Crippen molar-refractivity contribution in [3.05, 3.63) is 47.3 Å². The molecular weight excluding hydrogens is 364 g/mol. The molecule has 0 spiro atoms. The fraction of sp³-hybridized carbons (Fsp3) is 0.478. The van der Waals surface area contributed by atoms with Crippen LogP contribution in [-0.2, 0) is 0 Å². The molecular formula is C23H32N4O2. The first-order valence-corrected chi connectivity index (χ1v) is 10.5. The number of benzene rings is 1. The van der Waals surface area contributed by atoms with Gasteiger partial charge in [0.05, 0.1) is 5.56 Å². The SMILES string of the molecule is Cc1cc(C(=O)Nc2ccc(NC(=O)N3CCCCCC3)cc2)c(C)n1C(C)C. The number of rotatable bonds is 4. The van der Waals surface area contributed by atoms with Crippen molar-refractivity contribution < 1.29 is 9.59 Å². The van der Waals surface area contributed by atoms with Crippen LogP contribution in [0, 0.1) is 13.8 Å². The highest BCUT2D eigenvalue weighted by Gasteiger charge is 2.18. The number of urea groups is 1. The third kappa shape index (κ3) is 5.00. The minimum absolute atomic E-state index is 0.0511. The van der Waals surface area contributed by atoms with Gasteiger partial charge in [-0.3, -0.25) is 4.79 Å². The summed E-state index contributed by atoms with van der Waals surface area (Å²) >= 11 is 0. The zero-order valence-electron chi connectivity index (χ0n) is 17.9. The summed E-state index contributed by atoms with van der Waals surface area (Å²) in [6.07, 6.45) is 4.51. The second kappa shape index (κ2) is 9.16. The number of nitrogens with zero attached hydrogens (tertiary/aromatic N) is 2. The van der Waals surface area contributed by atoms with Gasteiger partial charge in [0, 0.05) is 41.9 Å². The standard InChI is InChI=1S/C23H32N4O2/c1-16(2)27-17(3)15-21(18(27)4)22(28)24-19-9-11-20(12-10-19)25-23(29)26-13-7-5-6-8-14-26/h9-12,15-16H,5-8,13-14H2,1-4H3,(H,24,28)(H,25,29). The van der Waals surface area contributed by atoms with Gasteiger partial charge in [-0.25, -0.2) is 4.79 Å². The summed E-state index contributed by atoms with van der Waals surface area (Å²) in [6, 6.07) is 9.47. The maximum Gasteiger partial charge on any atom is 0.321 e. The Balaban J connectivity index is 1.62. The van der Waals surface area contributed by atoms with Gasteiger partial charge in [0.25, 0.3) is 5.91 Å². The summed E-state index contributed by atoms with van der Waals surface area (Å²) in [4.78, 5) is 27.0. The Morgan fingerprint density at radius 2 is 1.45 bits per heavy atom. The fourth-order valence-corrected chi connectivity index (χ4v) is 4.11. The molecule has 1 aromatic carbocycles. The van der Waals surface area contributed by atoms with Gasteiger partial charge in [-0.2, -0.15) is 0 Å². The van der Waals surface area contributed by atoms with Crippen LogP contribution in [0.3, 0.4) is 0 Å². The van der Waals surface area contributed by atoms with Crippen LogP contribution in [-0.4, -0.2) is 34.5 Å². The molecule has 0 radical (unpaired) electrons. The molecule has 0 unspecified atom stereocenters. The van der Waals surface area contributed by atoms with Crippen molar-refractivity contribution in [2.75, 3.05) is 23.7 Å². The number of hydrogen-bond donors (Lipinski definition) is 2. The predicted molar refractivity (Wildman–Crippen MR) is 118 cm³/mol. The molecule has 2 aromatic rings. The van der Waals surface area contributed by atoms with Crippen molar-refractivity contribution in [2.24, 2.45) is 0 Å². The molecule has 6 nitrogen and oxygen atoms in total. The Morgan fingerprint density at radius 3 is 1.97 bits per heavy atom. The van der Waals surface area contributed by atoms with Gasteiger partial charge in [-0.15, -0.1) is 0 Å². The molecule has 1 aliphatic rings. The average Bonchev–Trinajstić information content (AvgIpc) is 2.86. The number of aryl methyl sites for hydroxylation is 1. The molecule has 0 atom stereocenters. The highest BCUT2D eigenvalue weighted by Crippen LogP contribution is 2.22. The summed E-state index contributed by atoms with van der Waals surface area (Å²) in [5.74, 6) is -0.119. The van der Waals surface area contributed by atoms with Gasteiger partial charge in [-0.1, -0.05) is 12.8 Å². The lowest BCUT2D eigenvalue weighted by Gasteiger charge is -2.20. The van der Waals surface area contributed by atoms with Crippen LogP contribution in [0.5, 0.6) is 0 Å². The van der Waals surface area contributed by atoms with Crippen LogP contribution in [0.25, 0.3) is 0 Å². The Bertz CT molecular complexity index is 860. The van der Waals surface area contributed by atoms with Crippen molar-refractivity contribution in [1.29, 1.82) is 0 Å². The van der Waals surface area contributed by atoms with Gasteiger partial charge in [0.2, 0.25) is 0 Å². The summed E-state index contributed by atoms with van der Waals surface area (Å²) in [6.45, 7) is 9.85. The number of anilines is 2. The normalized spacial score (nSPS) is 14.6. The lowest BCUT2D eigenvalue weighted by atomic mass is 10.2. The van der Waals surface area contributed by atoms with Crippen molar-refractivity contribution >= 4 is 23.3 Å². The number of nitrogens with one attached hydrogen (secondary N) is 2. The van der Waals surface area contributed by atoms with Crippen LogP contribution < -0.4 is 10.6 Å². The lowest BCUT2D eigenvalue weighted by Crippen LogP contribution is -2.35. The third-order valence-electron chi connectivity index (χ3n) is 5.53. The molecule has 6 heteroatoms. The van der Waals surface area contributed by atoms with Crippen LogP contribution in [0.2, 0.25) is 0 Å². The molecule has 1 fully saturated rings. The molecule has 2 heterocycles. The van der Waals surface area contributed by atoms with Crippen LogP contribution in [0.1, 0.15) is 67.3 Å². The zero-order valence-corrected chi connectivity index (χ0v) is 17.9. The van der Waals surface area contributed by atoms with Crippen LogP contribution in [0.15, 0.2) is 30.3 Å². The van der Waals surface area contributed by atoms with Crippen LogP contribution in [0.4, 0.5) is 16.2 Å². The first-order valence-electron chi connectivity index (χ1n) is 10.5. The van der Waals surface area contributed by atoms with E-state index in [1.165, 1.54) is 12.8 Å². The van der Waals surface area contributed by atoms with Gasteiger partial charge < -0.3 is 20.1 Å². The molecule has 2 N–H and O–H groups in total. The van der Waals surface area contributed by atoms with Gasteiger partial charge in [0.15, 0.2) is 0 Å². The number of carbonyl (C=O) groups excluding carboxylic acids is 2. The van der Waals surface area contributed by atoms with Crippen molar-refractivity contribution in [2.45, 2.75) is 59.4 Å². The van der Waals surface area contributed by atoms with Gasteiger partial charge in [0.1, 0.15) is 0 Å². The smallest absolute Gasteiger partial charge is 0.321 e. The molecule has 29 heavy (non-hydrogen) atoms. The summed E-state index contributed by atoms with van der Waals surface area (Å²) in [5, 5.41) is 5.91. The highest BCUT2D eigenvalue weighted by atomic mass is 16.2. The van der Waals surface area contributed by atoms with Gasteiger partial charge >= 0.3 is 6.03 Å². The first-order chi connectivity index (χ1) is 13.9. The molecule has 0 bridgehead atoms.